The minimum Gasteiger partial charge on any atom is -0.437 e. The molecule has 0 amide bonds. The number of aromatic nitrogens is 2. The van der Waals surface area contributed by atoms with E-state index < -0.39 is 0 Å². The third kappa shape index (κ3) is 2.69. The van der Waals surface area contributed by atoms with Crippen molar-refractivity contribution in [1.29, 1.82) is 0 Å². The van der Waals surface area contributed by atoms with Crippen molar-refractivity contribution in [3.63, 3.8) is 0 Å². The van der Waals surface area contributed by atoms with Gasteiger partial charge < -0.3 is 15.7 Å². The minimum absolute atomic E-state index is 0.143. The summed E-state index contributed by atoms with van der Waals surface area (Å²) in [6, 6.07) is 3.98. The summed E-state index contributed by atoms with van der Waals surface area (Å²) >= 11 is 0. The van der Waals surface area contributed by atoms with Crippen molar-refractivity contribution >= 4 is 5.84 Å². The topological polar surface area (TPSA) is 93.6 Å². The van der Waals surface area contributed by atoms with E-state index in [-0.39, 0.29) is 17.4 Å². The molecule has 0 unspecified atom stereocenters. The normalized spacial score (nSPS) is 11.4. The van der Waals surface area contributed by atoms with Crippen LogP contribution in [-0.2, 0) is 0 Å². The van der Waals surface area contributed by atoms with Crippen molar-refractivity contribution < 1.29 is 9.94 Å². The number of rotatable bonds is 3. The van der Waals surface area contributed by atoms with Gasteiger partial charge in [-0.05, 0) is 43.5 Å². The molecule has 0 saturated carbocycles. The van der Waals surface area contributed by atoms with Crippen LogP contribution in [-0.4, -0.2) is 21.0 Å². The van der Waals surface area contributed by atoms with Crippen LogP contribution in [0.3, 0.4) is 0 Å². The van der Waals surface area contributed by atoms with Crippen LogP contribution in [0.1, 0.15) is 22.4 Å². The number of aryl methyl sites for hydroxylation is 2. The standard InChI is InChI=1S/C14H16N4O2/c1-8-6-9(2)10(3)11(7-8)20-14-12(13(15)18-19)16-4-5-17-14/h4-7,19H,1-3H3,(H2,15,18). The molecule has 0 fully saturated rings. The van der Waals surface area contributed by atoms with E-state index >= 15 is 0 Å². The van der Waals surface area contributed by atoms with Gasteiger partial charge in [0.2, 0.25) is 5.88 Å². The molecule has 6 nitrogen and oxygen atoms in total. The Bertz CT molecular complexity index is 668. The lowest BCUT2D eigenvalue weighted by Crippen LogP contribution is -2.16. The van der Waals surface area contributed by atoms with Crippen LogP contribution >= 0.6 is 0 Å². The first-order valence-electron chi connectivity index (χ1n) is 6.07. The van der Waals surface area contributed by atoms with E-state index in [4.69, 9.17) is 15.7 Å². The van der Waals surface area contributed by atoms with Crippen LogP contribution in [0.4, 0.5) is 0 Å². The van der Waals surface area contributed by atoms with E-state index in [0.29, 0.717) is 5.75 Å². The molecule has 6 heteroatoms. The van der Waals surface area contributed by atoms with Gasteiger partial charge in [-0.25, -0.2) is 9.97 Å². The predicted octanol–water partition coefficient (Wildman–Crippen LogP) is 2.29. The maximum atomic E-state index is 8.76. The molecule has 1 aromatic heterocycles. The highest BCUT2D eigenvalue weighted by molar-refractivity contribution is 5.97. The Labute approximate surface area is 116 Å². The van der Waals surface area contributed by atoms with Crippen LogP contribution < -0.4 is 10.5 Å². The highest BCUT2D eigenvalue weighted by Gasteiger charge is 2.14. The minimum atomic E-state index is -0.143. The summed E-state index contributed by atoms with van der Waals surface area (Å²) in [7, 11) is 0. The fourth-order valence-corrected chi connectivity index (χ4v) is 1.83. The van der Waals surface area contributed by atoms with E-state index in [1.807, 2.05) is 26.8 Å². The summed E-state index contributed by atoms with van der Waals surface area (Å²) in [5.41, 5.74) is 8.97. The Balaban J connectivity index is 2.46. The average Bonchev–Trinajstić information content (AvgIpc) is 2.44. The fourth-order valence-electron chi connectivity index (χ4n) is 1.83. The molecule has 0 bridgehead atoms. The zero-order valence-corrected chi connectivity index (χ0v) is 11.6. The summed E-state index contributed by atoms with van der Waals surface area (Å²) in [4.78, 5) is 8.10. The Hall–Kier alpha value is -2.63. The lowest BCUT2D eigenvalue weighted by atomic mass is 10.1. The van der Waals surface area contributed by atoms with E-state index in [1.165, 1.54) is 12.4 Å². The largest absolute Gasteiger partial charge is 0.437 e. The first-order valence-corrected chi connectivity index (χ1v) is 6.07. The summed E-state index contributed by atoms with van der Waals surface area (Å²) in [6.07, 6.45) is 2.94. The molecule has 0 atom stereocenters. The van der Waals surface area contributed by atoms with Crippen LogP contribution in [0, 0.1) is 20.8 Å². The molecule has 104 valence electrons. The number of amidine groups is 1. The molecule has 2 aromatic rings. The van der Waals surface area contributed by atoms with Gasteiger partial charge in [0.05, 0.1) is 0 Å². The maximum absolute atomic E-state index is 8.76. The quantitative estimate of drug-likeness (QED) is 0.387. The number of benzene rings is 1. The van der Waals surface area contributed by atoms with E-state index in [1.54, 1.807) is 0 Å². The number of hydrogen-bond donors (Lipinski definition) is 2. The molecule has 0 radical (unpaired) electrons. The number of hydrogen-bond acceptors (Lipinski definition) is 5. The van der Waals surface area contributed by atoms with Crippen LogP contribution in [0.15, 0.2) is 29.7 Å². The Morgan fingerprint density at radius 1 is 1.20 bits per heavy atom. The molecule has 0 spiro atoms. The summed E-state index contributed by atoms with van der Waals surface area (Å²) in [6.45, 7) is 5.96. The summed E-state index contributed by atoms with van der Waals surface area (Å²) in [5, 5.41) is 11.7. The molecule has 0 aliphatic carbocycles. The lowest BCUT2D eigenvalue weighted by Gasteiger charge is -2.12. The van der Waals surface area contributed by atoms with Crippen molar-refractivity contribution in [2.45, 2.75) is 20.8 Å². The monoisotopic (exact) mass is 272 g/mol. The number of oxime groups is 1. The second kappa shape index (κ2) is 5.56. The van der Waals surface area contributed by atoms with Gasteiger partial charge in [-0.3, -0.25) is 0 Å². The summed E-state index contributed by atoms with van der Waals surface area (Å²) < 4.78 is 5.78. The van der Waals surface area contributed by atoms with Crippen molar-refractivity contribution in [1.82, 2.24) is 9.97 Å². The van der Waals surface area contributed by atoms with Gasteiger partial charge >= 0.3 is 0 Å². The SMILES string of the molecule is Cc1cc(C)c(C)c(Oc2nccnc2C(N)=NO)c1. The molecule has 3 N–H and O–H groups in total. The zero-order valence-electron chi connectivity index (χ0n) is 11.6. The van der Waals surface area contributed by atoms with Gasteiger partial charge in [-0.1, -0.05) is 11.2 Å². The third-order valence-electron chi connectivity index (χ3n) is 2.99. The zero-order chi connectivity index (χ0) is 14.7. The number of nitrogens with zero attached hydrogens (tertiary/aromatic N) is 3. The van der Waals surface area contributed by atoms with E-state index in [2.05, 4.69) is 21.2 Å². The van der Waals surface area contributed by atoms with Gasteiger partial charge in [0, 0.05) is 12.4 Å². The molecular weight excluding hydrogens is 256 g/mol. The van der Waals surface area contributed by atoms with E-state index in [0.717, 1.165) is 16.7 Å². The van der Waals surface area contributed by atoms with Gasteiger partial charge in [-0.15, -0.1) is 0 Å². The average molecular weight is 272 g/mol. The third-order valence-corrected chi connectivity index (χ3v) is 2.99. The maximum Gasteiger partial charge on any atom is 0.249 e. The molecule has 0 saturated heterocycles. The van der Waals surface area contributed by atoms with Crippen molar-refractivity contribution in [3.8, 4) is 11.6 Å². The molecule has 20 heavy (non-hydrogen) atoms. The van der Waals surface area contributed by atoms with Crippen molar-refractivity contribution in [2.75, 3.05) is 0 Å². The van der Waals surface area contributed by atoms with Crippen LogP contribution in [0.25, 0.3) is 0 Å². The van der Waals surface area contributed by atoms with Gasteiger partial charge in [0.1, 0.15) is 5.75 Å². The lowest BCUT2D eigenvalue weighted by molar-refractivity contribution is 0.318. The van der Waals surface area contributed by atoms with Crippen LogP contribution in [0.5, 0.6) is 11.6 Å². The van der Waals surface area contributed by atoms with Gasteiger partial charge in [0.25, 0.3) is 0 Å². The number of nitrogens with two attached hydrogens (primary N) is 1. The second-order valence-electron chi connectivity index (χ2n) is 4.50. The highest BCUT2D eigenvalue weighted by atomic mass is 16.5. The molecule has 1 heterocycles. The molecular formula is C14H16N4O2. The molecule has 0 aliphatic rings. The van der Waals surface area contributed by atoms with Gasteiger partial charge in [0.15, 0.2) is 11.5 Å². The Morgan fingerprint density at radius 2 is 1.90 bits per heavy atom. The Kier molecular flexibility index (Phi) is 3.84. The van der Waals surface area contributed by atoms with Crippen LogP contribution in [0.2, 0.25) is 0 Å². The smallest absolute Gasteiger partial charge is 0.249 e. The Morgan fingerprint density at radius 3 is 2.60 bits per heavy atom. The molecule has 0 aliphatic heterocycles. The summed E-state index contributed by atoms with van der Waals surface area (Å²) in [5.74, 6) is 0.737. The second-order valence-corrected chi connectivity index (χ2v) is 4.50. The van der Waals surface area contributed by atoms with Crippen molar-refractivity contribution in [3.05, 3.63) is 46.9 Å². The fraction of sp³-hybridized carbons (Fsp3) is 0.214. The van der Waals surface area contributed by atoms with Crippen molar-refractivity contribution in [2.24, 2.45) is 10.9 Å². The highest BCUT2D eigenvalue weighted by Crippen LogP contribution is 2.28. The first-order chi connectivity index (χ1) is 9.52. The van der Waals surface area contributed by atoms with E-state index in [9.17, 15) is 0 Å². The number of ether oxygens (including phenoxy) is 1. The first kappa shape index (κ1) is 13.8. The molecule has 1 aromatic carbocycles. The predicted molar refractivity (Wildman–Crippen MR) is 75.3 cm³/mol. The van der Waals surface area contributed by atoms with Gasteiger partial charge in [-0.2, -0.15) is 0 Å². The molecule has 2 rings (SSSR count).